The molecule has 6 heteroatoms. The molecule has 0 bridgehead atoms. The number of aliphatic carboxylic acids is 1. The van der Waals surface area contributed by atoms with Crippen LogP contribution in [0.3, 0.4) is 0 Å². The maximum Gasteiger partial charge on any atom is 0.303 e. The number of hydrogen-bond acceptors (Lipinski definition) is 4. The number of sulfone groups is 1. The Morgan fingerprint density at radius 3 is 2.69 bits per heavy atom. The number of nitrogens with one attached hydrogen (secondary N) is 1. The van der Waals surface area contributed by atoms with Crippen molar-refractivity contribution < 1.29 is 18.3 Å². The van der Waals surface area contributed by atoms with Crippen molar-refractivity contribution in [1.82, 2.24) is 5.32 Å². The molecular formula is C10H19NO4S. The summed E-state index contributed by atoms with van der Waals surface area (Å²) < 4.78 is 22.3. The first-order valence-electron chi connectivity index (χ1n) is 5.62. The third-order valence-corrected chi connectivity index (χ3v) is 4.59. The van der Waals surface area contributed by atoms with Crippen molar-refractivity contribution in [3.8, 4) is 0 Å². The molecule has 1 aliphatic heterocycles. The normalized spacial score (nSPS) is 23.4. The maximum atomic E-state index is 11.2. The second kappa shape index (κ2) is 6.20. The highest BCUT2D eigenvalue weighted by molar-refractivity contribution is 7.91. The zero-order valence-electron chi connectivity index (χ0n) is 9.31. The Kier molecular flexibility index (Phi) is 5.21. The molecule has 1 atom stereocenters. The van der Waals surface area contributed by atoms with E-state index < -0.39 is 15.8 Å². The highest BCUT2D eigenvalue weighted by Gasteiger charge is 2.27. The number of carboxylic acid groups (broad SMARTS) is 1. The van der Waals surface area contributed by atoms with Crippen LogP contribution in [0.5, 0.6) is 0 Å². The lowest BCUT2D eigenvalue weighted by molar-refractivity contribution is -0.137. The minimum Gasteiger partial charge on any atom is -0.481 e. The highest BCUT2D eigenvalue weighted by Crippen LogP contribution is 2.17. The van der Waals surface area contributed by atoms with Crippen molar-refractivity contribution in [1.29, 1.82) is 0 Å². The first-order chi connectivity index (χ1) is 7.49. The molecule has 0 amide bonds. The van der Waals surface area contributed by atoms with Gasteiger partial charge in [-0.15, -0.1) is 0 Å². The monoisotopic (exact) mass is 249 g/mol. The van der Waals surface area contributed by atoms with E-state index in [0.29, 0.717) is 17.9 Å². The molecule has 16 heavy (non-hydrogen) atoms. The summed E-state index contributed by atoms with van der Waals surface area (Å²) in [5.41, 5.74) is 0. The molecule has 1 fully saturated rings. The Morgan fingerprint density at radius 2 is 2.12 bits per heavy atom. The van der Waals surface area contributed by atoms with Crippen molar-refractivity contribution in [2.75, 3.05) is 24.6 Å². The van der Waals surface area contributed by atoms with Gasteiger partial charge >= 0.3 is 5.97 Å². The minimum absolute atomic E-state index is 0.208. The van der Waals surface area contributed by atoms with E-state index in [1.807, 2.05) is 0 Å². The molecule has 1 saturated heterocycles. The van der Waals surface area contributed by atoms with E-state index in [9.17, 15) is 13.2 Å². The zero-order valence-corrected chi connectivity index (χ0v) is 10.1. The van der Waals surface area contributed by atoms with Crippen LogP contribution in [0.1, 0.15) is 25.7 Å². The SMILES string of the molecule is O=C(O)CCCCNCC1CCS(=O)(=O)C1. The molecule has 0 aromatic rings. The Bertz CT molecular complexity index is 326. The molecule has 1 rings (SSSR count). The van der Waals surface area contributed by atoms with Crippen molar-refractivity contribution in [3.05, 3.63) is 0 Å². The van der Waals surface area contributed by atoms with Crippen molar-refractivity contribution in [2.24, 2.45) is 5.92 Å². The highest BCUT2D eigenvalue weighted by atomic mass is 32.2. The Morgan fingerprint density at radius 1 is 1.38 bits per heavy atom. The van der Waals surface area contributed by atoms with Gasteiger partial charge in [0.25, 0.3) is 0 Å². The van der Waals surface area contributed by atoms with Crippen LogP contribution in [0.4, 0.5) is 0 Å². The molecule has 1 unspecified atom stereocenters. The van der Waals surface area contributed by atoms with E-state index in [4.69, 9.17) is 5.11 Å². The molecule has 0 saturated carbocycles. The summed E-state index contributed by atoms with van der Waals surface area (Å²) in [4.78, 5) is 10.2. The van der Waals surface area contributed by atoms with E-state index in [2.05, 4.69) is 5.32 Å². The van der Waals surface area contributed by atoms with Gasteiger partial charge in [-0.05, 0) is 38.3 Å². The third kappa shape index (κ3) is 5.46. The fraction of sp³-hybridized carbons (Fsp3) is 0.900. The smallest absolute Gasteiger partial charge is 0.303 e. The van der Waals surface area contributed by atoms with E-state index in [0.717, 1.165) is 25.9 Å². The molecule has 0 radical (unpaired) electrons. The summed E-state index contributed by atoms with van der Waals surface area (Å²) in [5.74, 6) is 0.0966. The van der Waals surface area contributed by atoms with Gasteiger partial charge in [-0.25, -0.2) is 8.42 Å². The van der Waals surface area contributed by atoms with Gasteiger partial charge in [0.15, 0.2) is 9.84 Å². The van der Waals surface area contributed by atoms with Crippen LogP contribution < -0.4 is 5.32 Å². The first kappa shape index (κ1) is 13.4. The van der Waals surface area contributed by atoms with E-state index in [-0.39, 0.29) is 12.3 Å². The second-order valence-corrected chi connectivity index (χ2v) is 6.55. The number of rotatable bonds is 7. The Labute approximate surface area is 96.1 Å². The maximum absolute atomic E-state index is 11.2. The van der Waals surface area contributed by atoms with Gasteiger partial charge in [0, 0.05) is 6.42 Å². The molecule has 0 aromatic heterocycles. The molecule has 0 spiro atoms. The minimum atomic E-state index is -2.77. The molecule has 1 aliphatic rings. The fourth-order valence-electron chi connectivity index (χ4n) is 1.87. The van der Waals surface area contributed by atoms with Crippen LogP contribution in [0.15, 0.2) is 0 Å². The number of carbonyl (C=O) groups is 1. The number of carboxylic acids is 1. The van der Waals surface area contributed by atoms with Crippen LogP contribution >= 0.6 is 0 Å². The summed E-state index contributed by atoms with van der Waals surface area (Å²) in [6.45, 7) is 1.50. The topological polar surface area (TPSA) is 83.5 Å². The summed E-state index contributed by atoms with van der Waals surface area (Å²) in [6.07, 6.45) is 2.46. The van der Waals surface area contributed by atoms with E-state index in [1.54, 1.807) is 0 Å². The number of unbranched alkanes of at least 4 members (excludes halogenated alkanes) is 1. The Hall–Kier alpha value is -0.620. The van der Waals surface area contributed by atoms with Gasteiger partial charge in [0.1, 0.15) is 0 Å². The second-order valence-electron chi connectivity index (χ2n) is 4.32. The third-order valence-electron chi connectivity index (χ3n) is 2.75. The van der Waals surface area contributed by atoms with Gasteiger partial charge < -0.3 is 10.4 Å². The summed E-state index contributed by atoms with van der Waals surface area (Å²) in [5, 5.41) is 11.6. The lowest BCUT2D eigenvalue weighted by atomic mass is 10.1. The van der Waals surface area contributed by atoms with Gasteiger partial charge in [-0.1, -0.05) is 0 Å². The molecule has 0 aliphatic carbocycles. The van der Waals surface area contributed by atoms with Gasteiger partial charge in [0.05, 0.1) is 11.5 Å². The molecule has 94 valence electrons. The van der Waals surface area contributed by atoms with Gasteiger partial charge in [-0.3, -0.25) is 4.79 Å². The van der Waals surface area contributed by atoms with Crippen molar-refractivity contribution in [2.45, 2.75) is 25.7 Å². The lowest BCUT2D eigenvalue weighted by Gasteiger charge is -2.08. The average Bonchev–Trinajstić information content (AvgIpc) is 2.51. The van der Waals surface area contributed by atoms with E-state index >= 15 is 0 Å². The van der Waals surface area contributed by atoms with Crippen molar-refractivity contribution >= 4 is 15.8 Å². The summed E-state index contributed by atoms with van der Waals surface area (Å²) >= 11 is 0. The molecular weight excluding hydrogens is 230 g/mol. The predicted molar refractivity (Wildman–Crippen MR) is 61.1 cm³/mol. The summed E-state index contributed by atoms with van der Waals surface area (Å²) in [6, 6.07) is 0. The molecule has 5 nitrogen and oxygen atoms in total. The lowest BCUT2D eigenvalue weighted by Crippen LogP contribution is -2.24. The van der Waals surface area contributed by atoms with Crippen LogP contribution in [0.2, 0.25) is 0 Å². The molecule has 1 heterocycles. The van der Waals surface area contributed by atoms with Crippen LogP contribution in [0.25, 0.3) is 0 Å². The zero-order chi connectivity index (χ0) is 12.0. The average molecular weight is 249 g/mol. The number of hydrogen-bond donors (Lipinski definition) is 2. The fourth-order valence-corrected chi connectivity index (χ4v) is 3.73. The quantitative estimate of drug-likeness (QED) is 0.633. The van der Waals surface area contributed by atoms with E-state index in [1.165, 1.54) is 0 Å². The van der Waals surface area contributed by atoms with Crippen LogP contribution in [-0.2, 0) is 14.6 Å². The van der Waals surface area contributed by atoms with Crippen LogP contribution in [0, 0.1) is 5.92 Å². The van der Waals surface area contributed by atoms with Gasteiger partial charge in [-0.2, -0.15) is 0 Å². The standard InChI is InChI=1S/C10H19NO4S/c12-10(13)3-1-2-5-11-7-9-4-6-16(14,15)8-9/h9,11H,1-8H2,(H,12,13). The van der Waals surface area contributed by atoms with Crippen molar-refractivity contribution in [3.63, 3.8) is 0 Å². The largest absolute Gasteiger partial charge is 0.481 e. The van der Waals surface area contributed by atoms with Crippen LogP contribution in [-0.4, -0.2) is 44.1 Å². The summed E-state index contributed by atoms with van der Waals surface area (Å²) in [7, 11) is -2.77. The first-order valence-corrected chi connectivity index (χ1v) is 7.45. The Balaban J connectivity index is 1.98. The molecule has 2 N–H and O–H groups in total. The van der Waals surface area contributed by atoms with Gasteiger partial charge in [0.2, 0.25) is 0 Å². The molecule has 0 aromatic carbocycles. The predicted octanol–water partition coefficient (Wildman–Crippen LogP) is 0.266.